The zero-order valence-electron chi connectivity index (χ0n) is 12.9. The van der Waals surface area contributed by atoms with Crippen LogP contribution in [0.1, 0.15) is 44.7 Å². The number of nitrogens with zero attached hydrogens (tertiary/aromatic N) is 1. The van der Waals surface area contributed by atoms with E-state index >= 15 is 0 Å². The summed E-state index contributed by atoms with van der Waals surface area (Å²) in [5.74, 6) is 0.0793. The fraction of sp³-hybridized carbons (Fsp3) is 0.588. The van der Waals surface area contributed by atoms with Gasteiger partial charge in [0.05, 0.1) is 6.04 Å². The first-order valence-corrected chi connectivity index (χ1v) is 7.90. The maximum absolute atomic E-state index is 14.1. The SMILES string of the molecule is CCCNC(CN1CCCC(C)C1=O)c1ccccc1F. The first-order valence-electron chi connectivity index (χ1n) is 7.90. The predicted molar refractivity (Wildman–Crippen MR) is 82.4 cm³/mol. The number of amides is 1. The van der Waals surface area contributed by atoms with E-state index in [0.717, 1.165) is 32.4 Å². The van der Waals surface area contributed by atoms with E-state index in [1.54, 1.807) is 12.1 Å². The summed E-state index contributed by atoms with van der Waals surface area (Å²) in [4.78, 5) is 14.1. The molecule has 3 nitrogen and oxygen atoms in total. The number of benzene rings is 1. The maximum Gasteiger partial charge on any atom is 0.225 e. The van der Waals surface area contributed by atoms with Crippen LogP contribution < -0.4 is 5.32 Å². The van der Waals surface area contributed by atoms with Gasteiger partial charge in [-0.2, -0.15) is 0 Å². The molecule has 2 unspecified atom stereocenters. The van der Waals surface area contributed by atoms with Gasteiger partial charge in [-0.15, -0.1) is 0 Å². The smallest absolute Gasteiger partial charge is 0.225 e. The molecule has 1 aliphatic rings. The van der Waals surface area contributed by atoms with Crippen LogP contribution in [-0.2, 0) is 4.79 Å². The molecule has 1 saturated heterocycles. The van der Waals surface area contributed by atoms with Crippen LogP contribution in [0.25, 0.3) is 0 Å². The number of carbonyl (C=O) groups is 1. The molecule has 1 fully saturated rings. The molecule has 116 valence electrons. The highest BCUT2D eigenvalue weighted by atomic mass is 19.1. The summed E-state index contributed by atoms with van der Waals surface area (Å²) in [7, 11) is 0. The largest absolute Gasteiger partial charge is 0.341 e. The topological polar surface area (TPSA) is 32.3 Å². The zero-order chi connectivity index (χ0) is 15.2. The molecular weight excluding hydrogens is 267 g/mol. The summed E-state index contributed by atoms with van der Waals surface area (Å²) in [6.07, 6.45) is 2.97. The van der Waals surface area contributed by atoms with E-state index in [2.05, 4.69) is 12.2 Å². The van der Waals surface area contributed by atoms with Crippen LogP contribution in [-0.4, -0.2) is 30.4 Å². The normalized spacial score (nSPS) is 20.6. The fourth-order valence-corrected chi connectivity index (χ4v) is 2.88. The van der Waals surface area contributed by atoms with E-state index in [0.29, 0.717) is 12.1 Å². The van der Waals surface area contributed by atoms with Crippen molar-refractivity contribution in [3.8, 4) is 0 Å². The summed E-state index contributed by atoms with van der Waals surface area (Å²) in [6.45, 7) is 6.20. The van der Waals surface area contributed by atoms with Crippen LogP contribution in [0.5, 0.6) is 0 Å². The molecule has 2 rings (SSSR count). The predicted octanol–water partition coefficient (Wildman–Crippen LogP) is 3.12. The first kappa shape index (κ1) is 16.0. The van der Waals surface area contributed by atoms with Crippen molar-refractivity contribution >= 4 is 5.91 Å². The average Bonchev–Trinajstić information content (AvgIpc) is 2.48. The third-order valence-electron chi connectivity index (χ3n) is 4.12. The van der Waals surface area contributed by atoms with Crippen LogP contribution in [0.4, 0.5) is 4.39 Å². The summed E-state index contributed by atoms with van der Waals surface area (Å²) >= 11 is 0. The van der Waals surface area contributed by atoms with Crippen molar-refractivity contribution in [1.82, 2.24) is 10.2 Å². The van der Waals surface area contributed by atoms with Gasteiger partial charge in [-0.25, -0.2) is 4.39 Å². The second-order valence-corrected chi connectivity index (χ2v) is 5.86. The van der Waals surface area contributed by atoms with Crippen LogP contribution in [0, 0.1) is 11.7 Å². The van der Waals surface area contributed by atoms with E-state index in [1.165, 1.54) is 6.07 Å². The fourth-order valence-electron chi connectivity index (χ4n) is 2.88. The van der Waals surface area contributed by atoms with E-state index in [4.69, 9.17) is 0 Å². The number of hydrogen-bond donors (Lipinski definition) is 1. The molecule has 1 aliphatic heterocycles. The molecule has 1 aromatic rings. The Bertz CT molecular complexity index is 478. The monoisotopic (exact) mass is 292 g/mol. The number of rotatable bonds is 6. The minimum atomic E-state index is -0.205. The van der Waals surface area contributed by atoms with Crippen LogP contribution in [0.3, 0.4) is 0 Å². The van der Waals surface area contributed by atoms with E-state index < -0.39 is 0 Å². The molecule has 0 aliphatic carbocycles. The van der Waals surface area contributed by atoms with Gasteiger partial charge in [0, 0.05) is 24.6 Å². The number of piperidine rings is 1. The molecule has 0 radical (unpaired) electrons. The van der Waals surface area contributed by atoms with Gasteiger partial charge in [0.1, 0.15) is 5.82 Å². The Kier molecular flexibility index (Phi) is 5.74. The minimum absolute atomic E-state index is 0.0891. The number of nitrogens with one attached hydrogen (secondary N) is 1. The lowest BCUT2D eigenvalue weighted by molar-refractivity contribution is -0.138. The molecule has 1 heterocycles. The first-order chi connectivity index (χ1) is 10.1. The number of carbonyl (C=O) groups excluding carboxylic acids is 1. The number of hydrogen-bond acceptors (Lipinski definition) is 2. The number of likely N-dealkylation sites (tertiary alicyclic amines) is 1. The Labute approximate surface area is 126 Å². The molecule has 21 heavy (non-hydrogen) atoms. The van der Waals surface area contributed by atoms with E-state index in [9.17, 15) is 9.18 Å². The lowest BCUT2D eigenvalue weighted by atomic mass is 9.97. The van der Waals surface area contributed by atoms with E-state index in [-0.39, 0.29) is 23.7 Å². The van der Waals surface area contributed by atoms with Gasteiger partial charge in [0.2, 0.25) is 5.91 Å². The Hall–Kier alpha value is -1.42. The lowest BCUT2D eigenvalue weighted by Gasteiger charge is -2.34. The van der Waals surface area contributed by atoms with Gasteiger partial charge in [0.15, 0.2) is 0 Å². The molecular formula is C17H25FN2O. The molecule has 0 bridgehead atoms. The van der Waals surface area contributed by atoms with Gasteiger partial charge in [-0.3, -0.25) is 4.79 Å². The molecule has 0 saturated carbocycles. The highest BCUT2D eigenvalue weighted by Gasteiger charge is 2.28. The van der Waals surface area contributed by atoms with Crippen molar-refractivity contribution in [3.63, 3.8) is 0 Å². The Morgan fingerprint density at radius 2 is 2.19 bits per heavy atom. The van der Waals surface area contributed by atoms with Gasteiger partial charge in [-0.1, -0.05) is 32.0 Å². The third-order valence-corrected chi connectivity index (χ3v) is 4.12. The Balaban J connectivity index is 2.13. The maximum atomic E-state index is 14.1. The molecule has 0 aromatic heterocycles. The highest BCUT2D eigenvalue weighted by Crippen LogP contribution is 2.23. The van der Waals surface area contributed by atoms with Crippen molar-refractivity contribution < 1.29 is 9.18 Å². The van der Waals surface area contributed by atoms with Crippen molar-refractivity contribution in [2.45, 2.75) is 39.2 Å². The lowest BCUT2D eigenvalue weighted by Crippen LogP contribution is -2.45. The molecule has 2 atom stereocenters. The zero-order valence-corrected chi connectivity index (χ0v) is 12.9. The quantitative estimate of drug-likeness (QED) is 0.873. The van der Waals surface area contributed by atoms with Crippen molar-refractivity contribution in [2.75, 3.05) is 19.6 Å². The Morgan fingerprint density at radius 1 is 1.43 bits per heavy atom. The summed E-state index contributed by atoms with van der Waals surface area (Å²) in [6, 6.07) is 6.70. The van der Waals surface area contributed by atoms with Crippen LogP contribution in [0.15, 0.2) is 24.3 Å². The van der Waals surface area contributed by atoms with Crippen molar-refractivity contribution in [2.24, 2.45) is 5.92 Å². The van der Waals surface area contributed by atoms with E-state index in [1.807, 2.05) is 17.9 Å². The van der Waals surface area contributed by atoms with Gasteiger partial charge >= 0.3 is 0 Å². The molecule has 1 amide bonds. The summed E-state index contributed by atoms with van der Waals surface area (Å²) < 4.78 is 14.1. The molecule has 0 spiro atoms. The van der Waals surface area contributed by atoms with Crippen LogP contribution >= 0.6 is 0 Å². The Morgan fingerprint density at radius 3 is 2.90 bits per heavy atom. The average molecular weight is 292 g/mol. The third kappa shape index (κ3) is 4.03. The molecule has 4 heteroatoms. The van der Waals surface area contributed by atoms with Crippen LogP contribution in [0.2, 0.25) is 0 Å². The van der Waals surface area contributed by atoms with Crippen molar-refractivity contribution in [3.05, 3.63) is 35.6 Å². The van der Waals surface area contributed by atoms with Gasteiger partial charge < -0.3 is 10.2 Å². The standard InChI is InChI=1S/C17H25FN2O/c1-3-10-19-16(14-8-4-5-9-15(14)18)12-20-11-6-7-13(2)17(20)21/h4-5,8-9,13,16,19H,3,6-7,10-12H2,1-2H3. The van der Waals surface area contributed by atoms with Gasteiger partial charge in [-0.05, 0) is 31.9 Å². The van der Waals surface area contributed by atoms with Gasteiger partial charge in [0.25, 0.3) is 0 Å². The second kappa shape index (κ2) is 7.55. The highest BCUT2D eigenvalue weighted by molar-refractivity contribution is 5.79. The second-order valence-electron chi connectivity index (χ2n) is 5.86. The molecule has 1 aromatic carbocycles. The summed E-state index contributed by atoms with van der Waals surface area (Å²) in [5.41, 5.74) is 0.650. The minimum Gasteiger partial charge on any atom is -0.341 e. The molecule has 1 N–H and O–H groups in total. The summed E-state index contributed by atoms with van der Waals surface area (Å²) in [5, 5.41) is 3.38. The van der Waals surface area contributed by atoms with Crippen molar-refractivity contribution in [1.29, 1.82) is 0 Å². The number of halogens is 1.